The highest BCUT2D eigenvalue weighted by molar-refractivity contribution is 5.96. The Balaban J connectivity index is 2.20. The lowest BCUT2D eigenvalue weighted by atomic mass is 9.95. The minimum atomic E-state index is -0.218. The van der Waals surface area contributed by atoms with Gasteiger partial charge < -0.3 is 10.0 Å². The van der Waals surface area contributed by atoms with Crippen molar-refractivity contribution in [3.8, 4) is 11.8 Å². The van der Waals surface area contributed by atoms with Crippen LogP contribution in [0.2, 0.25) is 0 Å². The van der Waals surface area contributed by atoms with Gasteiger partial charge in [0, 0.05) is 25.5 Å². The van der Waals surface area contributed by atoms with Crippen LogP contribution in [-0.2, 0) is 0 Å². The van der Waals surface area contributed by atoms with E-state index in [9.17, 15) is 4.79 Å². The summed E-state index contributed by atoms with van der Waals surface area (Å²) in [4.78, 5) is 18.5. The van der Waals surface area contributed by atoms with Crippen LogP contribution in [0, 0.1) is 17.8 Å². The van der Waals surface area contributed by atoms with Crippen LogP contribution in [0.1, 0.15) is 42.1 Å². The minimum absolute atomic E-state index is 0.0211. The Bertz CT molecular complexity index is 531. The lowest BCUT2D eigenvalue weighted by Crippen LogP contribution is -2.40. The van der Waals surface area contributed by atoms with Crippen LogP contribution in [0.25, 0.3) is 0 Å². The first-order valence-electron chi connectivity index (χ1n) is 7.09. The van der Waals surface area contributed by atoms with Crippen molar-refractivity contribution in [3.05, 3.63) is 29.6 Å². The van der Waals surface area contributed by atoms with E-state index < -0.39 is 0 Å². The van der Waals surface area contributed by atoms with E-state index in [-0.39, 0.29) is 12.5 Å². The molecule has 0 spiro atoms. The molecule has 1 aromatic heterocycles. The largest absolute Gasteiger partial charge is 0.384 e. The number of rotatable bonds is 2. The van der Waals surface area contributed by atoms with Gasteiger partial charge in [-0.15, -0.1) is 0 Å². The van der Waals surface area contributed by atoms with Crippen molar-refractivity contribution in [2.24, 2.45) is 5.92 Å². The van der Waals surface area contributed by atoms with Gasteiger partial charge >= 0.3 is 0 Å². The number of aliphatic hydroxyl groups excluding tert-OH is 1. The Morgan fingerprint density at radius 2 is 2.45 bits per heavy atom. The summed E-state index contributed by atoms with van der Waals surface area (Å²) in [5.74, 6) is 6.00. The lowest BCUT2D eigenvalue weighted by molar-refractivity contribution is 0.0671. The SMILES string of the molecule is CCC1CCCN(C(=O)c2ccncc2C#CCO)C1. The molecule has 1 aromatic rings. The number of likely N-dealkylation sites (tertiary alicyclic amines) is 1. The second-order valence-electron chi connectivity index (χ2n) is 5.05. The second-order valence-corrected chi connectivity index (χ2v) is 5.05. The average molecular weight is 272 g/mol. The Kier molecular flexibility index (Phi) is 5.14. The third-order valence-electron chi connectivity index (χ3n) is 3.74. The maximum absolute atomic E-state index is 12.6. The first kappa shape index (κ1) is 14.5. The quantitative estimate of drug-likeness (QED) is 0.834. The van der Waals surface area contributed by atoms with E-state index in [1.807, 2.05) is 4.90 Å². The molecule has 20 heavy (non-hydrogen) atoms. The molecule has 106 valence electrons. The molecular weight excluding hydrogens is 252 g/mol. The molecule has 4 heteroatoms. The molecule has 4 nitrogen and oxygen atoms in total. The molecule has 1 saturated heterocycles. The molecule has 2 heterocycles. The second kappa shape index (κ2) is 7.06. The van der Waals surface area contributed by atoms with Crippen molar-refractivity contribution < 1.29 is 9.90 Å². The summed E-state index contributed by atoms with van der Waals surface area (Å²) in [5, 5.41) is 8.78. The highest BCUT2D eigenvalue weighted by Crippen LogP contribution is 2.21. The molecular formula is C16H20N2O2. The predicted octanol–water partition coefficient (Wildman–Crippen LogP) is 1.69. The minimum Gasteiger partial charge on any atom is -0.384 e. The number of piperidine rings is 1. The molecule has 0 saturated carbocycles. The van der Waals surface area contributed by atoms with Crippen LogP contribution in [0.4, 0.5) is 0 Å². The summed E-state index contributed by atoms with van der Waals surface area (Å²) in [6.07, 6.45) is 6.56. The van der Waals surface area contributed by atoms with Crippen LogP contribution < -0.4 is 0 Å². The summed E-state index contributed by atoms with van der Waals surface area (Å²) in [6, 6.07) is 1.71. The molecule has 1 atom stereocenters. The van der Waals surface area contributed by atoms with Gasteiger partial charge in [0.25, 0.3) is 5.91 Å². The normalized spacial score (nSPS) is 18.3. The Labute approximate surface area is 119 Å². The van der Waals surface area contributed by atoms with Crippen molar-refractivity contribution >= 4 is 5.91 Å². The van der Waals surface area contributed by atoms with Crippen molar-refractivity contribution in [1.29, 1.82) is 0 Å². The number of pyridine rings is 1. The van der Waals surface area contributed by atoms with Gasteiger partial charge in [0.1, 0.15) is 6.61 Å². The summed E-state index contributed by atoms with van der Waals surface area (Å²) in [6.45, 7) is 3.59. The van der Waals surface area contributed by atoms with Gasteiger partial charge in [-0.1, -0.05) is 25.2 Å². The van der Waals surface area contributed by atoms with E-state index >= 15 is 0 Å². The van der Waals surface area contributed by atoms with Crippen molar-refractivity contribution in [2.45, 2.75) is 26.2 Å². The summed E-state index contributed by atoms with van der Waals surface area (Å²) in [7, 11) is 0. The highest BCUT2D eigenvalue weighted by atomic mass is 16.2. The van der Waals surface area contributed by atoms with Crippen LogP contribution in [0.15, 0.2) is 18.5 Å². The molecule has 0 radical (unpaired) electrons. The number of amides is 1. The molecule has 1 fully saturated rings. The fourth-order valence-corrected chi connectivity index (χ4v) is 2.57. The third-order valence-corrected chi connectivity index (χ3v) is 3.74. The maximum Gasteiger partial charge on any atom is 0.255 e. The Morgan fingerprint density at radius 1 is 1.60 bits per heavy atom. The van der Waals surface area contributed by atoms with Crippen LogP contribution in [0.3, 0.4) is 0 Å². The predicted molar refractivity (Wildman–Crippen MR) is 77.1 cm³/mol. The fourth-order valence-electron chi connectivity index (χ4n) is 2.57. The molecule has 2 rings (SSSR count). The Morgan fingerprint density at radius 3 is 3.20 bits per heavy atom. The topological polar surface area (TPSA) is 53.4 Å². The fraction of sp³-hybridized carbons (Fsp3) is 0.500. The third kappa shape index (κ3) is 3.37. The van der Waals surface area contributed by atoms with E-state index in [0.717, 1.165) is 25.9 Å². The first-order chi connectivity index (χ1) is 9.76. The maximum atomic E-state index is 12.6. The van der Waals surface area contributed by atoms with Crippen LogP contribution >= 0.6 is 0 Å². The van der Waals surface area contributed by atoms with Gasteiger partial charge in [0.05, 0.1) is 11.1 Å². The van der Waals surface area contributed by atoms with Gasteiger partial charge in [-0.25, -0.2) is 0 Å². The molecule has 0 bridgehead atoms. The number of carbonyl (C=O) groups excluding carboxylic acids is 1. The molecule has 1 amide bonds. The zero-order chi connectivity index (χ0) is 14.4. The number of carbonyl (C=O) groups is 1. The van der Waals surface area contributed by atoms with Gasteiger partial charge in [-0.2, -0.15) is 0 Å². The van der Waals surface area contributed by atoms with Crippen molar-refractivity contribution in [3.63, 3.8) is 0 Å². The summed E-state index contributed by atoms with van der Waals surface area (Å²) >= 11 is 0. The highest BCUT2D eigenvalue weighted by Gasteiger charge is 2.24. The molecule has 1 unspecified atom stereocenters. The summed E-state index contributed by atoms with van der Waals surface area (Å²) < 4.78 is 0. The zero-order valence-electron chi connectivity index (χ0n) is 11.8. The van der Waals surface area contributed by atoms with E-state index in [1.54, 1.807) is 18.5 Å². The zero-order valence-corrected chi connectivity index (χ0v) is 11.8. The number of aliphatic hydroxyl groups is 1. The molecule has 1 aliphatic heterocycles. The van der Waals surface area contributed by atoms with Gasteiger partial charge in [0.15, 0.2) is 0 Å². The van der Waals surface area contributed by atoms with Crippen molar-refractivity contribution in [1.82, 2.24) is 9.88 Å². The molecule has 1 N–H and O–H groups in total. The smallest absolute Gasteiger partial charge is 0.255 e. The molecule has 0 aliphatic carbocycles. The van der Waals surface area contributed by atoms with E-state index in [0.29, 0.717) is 17.0 Å². The molecule has 1 aliphatic rings. The van der Waals surface area contributed by atoms with Gasteiger partial charge in [-0.3, -0.25) is 9.78 Å². The number of hydrogen-bond acceptors (Lipinski definition) is 3. The van der Waals surface area contributed by atoms with Crippen molar-refractivity contribution in [2.75, 3.05) is 19.7 Å². The number of aromatic nitrogens is 1. The van der Waals surface area contributed by atoms with E-state index in [1.165, 1.54) is 6.42 Å². The van der Waals surface area contributed by atoms with E-state index in [4.69, 9.17) is 5.11 Å². The van der Waals surface area contributed by atoms with E-state index in [2.05, 4.69) is 23.7 Å². The number of hydrogen-bond donors (Lipinski definition) is 1. The monoisotopic (exact) mass is 272 g/mol. The molecule has 0 aromatic carbocycles. The van der Waals surface area contributed by atoms with Gasteiger partial charge in [-0.05, 0) is 24.8 Å². The standard InChI is InChI=1S/C16H20N2O2/c1-2-13-5-3-9-18(12-13)16(20)15-7-8-17-11-14(15)6-4-10-19/h7-8,11,13,19H,2-3,5,9-10,12H2,1H3. The van der Waals surface area contributed by atoms with Crippen LogP contribution in [-0.4, -0.2) is 40.6 Å². The Hall–Kier alpha value is -1.86. The lowest BCUT2D eigenvalue weighted by Gasteiger charge is -2.32. The summed E-state index contributed by atoms with van der Waals surface area (Å²) in [5.41, 5.74) is 1.17. The van der Waals surface area contributed by atoms with Gasteiger partial charge in [0.2, 0.25) is 0 Å². The average Bonchev–Trinajstić information content (AvgIpc) is 2.52. The first-order valence-corrected chi connectivity index (χ1v) is 7.09. The number of nitrogens with zero attached hydrogens (tertiary/aromatic N) is 2. The van der Waals surface area contributed by atoms with Crippen LogP contribution in [0.5, 0.6) is 0 Å².